The summed E-state index contributed by atoms with van der Waals surface area (Å²) in [5, 5.41) is 30.5. The third-order valence-electron chi connectivity index (χ3n) is 2.45. The van der Waals surface area contributed by atoms with Gasteiger partial charge in [-0.1, -0.05) is 12.2 Å². The molecular weight excluding hydrogens is 290 g/mol. The van der Waals surface area contributed by atoms with Crippen molar-refractivity contribution in [1.82, 2.24) is 0 Å². The molecule has 0 aliphatic carbocycles. The zero-order valence-corrected chi connectivity index (χ0v) is 13.9. The maximum atomic E-state index is 11.4. The monoisotopic (exact) mass is 309 g/mol. The van der Waals surface area contributed by atoms with Crippen LogP contribution in [0.2, 0.25) is 0 Å². The smallest absolute Gasteiger partial charge is 0.862 e. The predicted octanol–water partition coefficient (Wildman–Crippen LogP) is -0.516. The van der Waals surface area contributed by atoms with E-state index >= 15 is 0 Å². The van der Waals surface area contributed by atoms with Crippen molar-refractivity contribution in [2.24, 2.45) is 4.99 Å². The van der Waals surface area contributed by atoms with Crippen LogP contribution in [0.25, 0.3) is 0 Å². The number of allylic oxidation sites excluding steroid dienone is 2. The van der Waals surface area contributed by atoms with Gasteiger partial charge in [-0.3, -0.25) is 4.99 Å². The van der Waals surface area contributed by atoms with Gasteiger partial charge in [0.1, 0.15) is 6.04 Å². The summed E-state index contributed by atoms with van der Waals surface area (Å²) in [4.78, 5) is 24.6. The number of aliphatic carboxylic acids is 2. The Morgan fingerprint density at radius 1 is 1.25 bits per heavy atom. The predicted molar refractivity (Wildman–Crippen MR) is 72.1 cm³/mol. The maximum absolute atomic E-state index is 11.4. The normalized spacial score (nSPS) is 12.9. The summed E-state index contributed by atoms with van der Waals surface area (Å²) >= 11 is 0. The Bertz CT molecular complexity index is 355. The van der Waals surface area contributed by atoms with E-state index < -0.39 is 30.3 Å². The van der Waals surface area contributed by atoms with Crippen molar-refractivity contribution in [1.29, 1.82) is 0 Å². The number of carbonyl (C=O) groups excluding carboxylic acids is 1. The molecule has 0 saturated heterocycles. The number of carboxylic acids is 2. The Morgan fingerprint density at radius 2 is 1.90 bits per heavy atom. The van der Waals surface area contributed by atoms with E-state index in [2.05, 4.69) is 4.99 Å². The van der Waals surface area contributed by atoms with Gasteiger partial charge < -0.3 is 20.1 Å². The molecule has 0 unspecified atom stereocenters. The topological polar surface area (TPSA) is 113 Å². The van der Waals surface area contributed by atoms with E-state index in [1.807, 2.05) is 19.1 Å². The number of unbranched alkanes of at least 4 members (excludes halogenated alkanes) is 2. The van der Waals surface area contributed by atoms with Crippen molar-refractivity contribution in [2.45, 2.75) is 51.5 Å². The minimum absolute atomic E-state index is 0. The summed E-state index contributed by atoms with van der Waals surface area (Å²) < 4.78 is 0. The number of aliphatic imine (C=N–C) groups is 1. The molecule has 0 aliphatic rings. The Kier molecular flexibility index (Phi) is 14.5. The van der Waals surface area contributed by atoms with Crippen molar-refractivity contribution in [3.8, 4) is 0 Å². The number of nitrogens with zero attached hydrogens (tertiary/aromatic N) is 1. The molecule has 7 heteroatoms. The summed E-state index contributed by atoms with van der Waals surface area (Å²) in [5.74, 6) is -3.13. The second kappa shape index (κ2) is 13.4. The molecule has 0 spiro atoms. The minimum atomic E-state index is -1.35. The first-order chi connectivity index (χ1) is 8.97. The van der Waals surface area contributed by atoms with Gasteiger partial charge in [-0.25, -0.2) is 4.79 Å². The molecule has 0 aromatic carbocycles. The SMILES string of the molecule is C/C=C/CCCCC([O-])=N[C@@H](CCC(=O)[O-])C(=O)O.[Ca+2]. The van der Waals surface area contributed by atoms with Gasteiger partial charge in [0.15, 0.2) is 0 Å². The van der Waals surface area contributed by atoms with Crippen LogP contribution >= 0.6 is 0 Å². The first-order valence-corrected chi connectivity index (χ1v) is 6.24. The van der Waals surface area contributed by atoms with E-state index in [0.29, 0.717) is 6.42 Å². The number of carboxylic acid groups (broad SMARTS) is 2. The molecule has 108 valence electrons. The third kappa shape index (κ3) is 12.4. The number of rotatable bonds is 10. The largest absolute Gasteiger partial charge is 2.00 e. The van der Waals surface area contributed by atoms with Crippen molar-refractivity contribution in [3.05, 3.63) is 12.2 Å². The third-order valence-corrected chi connectivity index (χ3v) is 2.45. The second-order valence-electron chi connectivity index (χ2n) is 4.10. The minimum Gasteiger partial charge on any atom is -0.862 e. The van der Waals surface area contributed by atoms with Crippen LogP contribution in [0.4, 0.5) is 0 Å². The fraction of sp³-hybridized carbons (Fsp3) is 0.615. The van der Waals surface area contributed by atoms with Gasteiger partial charge >= 0.3 is 43.7 Å². The molecule has 1 N–H and O–H groups in total. The zero-order chi connectivity index (χ0) is 14.7. The number of carbonyl (C=O) groups is 2. The average molecular weight is 309 g/mol. The van der Waals surface area contributed by atoms with Gasteiger partial charge in [-0.15, -0.1) is 0 Å². The van der Waals surface area contributed by atoms with Crippen molar-refractivity contribution in [3.63, 3.8) is 0 Å². The van der Waals surface area contributed by atoms with Gasteiger partial charge in [0.25, 0.3) is 0 Å². The van der Waals surface area contributed by atoms with Crippen LogP contribution in [0.15, 0.2) is 17.1 Å². The molecule has 6 nitrogen and oxygen atoms in total. The van der Waals surface area contributed by atoms with Crippen molar-refractivity contribution >= 4 is 55.6 Å². The van der Waals surface area contributed by atoms with Crippen LogP contribution in [-0.2, 0) is 9.59 Å². The molecular formula is C13H19CaNO5. The van der Waals surface area contributed by atoms with E-state index in [-0.39, 0.29) is 50.6 Å². The molecule has 0 bridgehead atoms. The summed E-state index contributed by atoms with van der Waals surface area (Å²) in [7, 11) is 0. The molecule has 0 aromatic heterocycles. The van der Waals surface area contributed by atoms with E-state index in [1.54, 1.807) is 0 Å². The maximum Gasteiger partial charge on any atom is 2.00 e. The van der Waals surface area contributed by atoms with Crippen molar-refractivity contribution < 1.29 is 24.9 Å². The summed E-state index contributed by atoms with van der Waals surface area (Å²) in [6.45, 7) is 1.91. The van der Waals surface area contributed by atoms with Crippen LogP contribution in [0.1, 0.15) is 45.4 Å². The molecule has 0 fully saturated rings. The molecule has 1 atom stereocenters. The Balaban J connectivity index is 0. The Morgan fingerprint density at radius 3 is 2.40 bits per heavy atom. The molecule has 0 amide bonds. The fourth-order valence-electron chi connectivity index (χ4n) is 1.44. The van der Waals surface area contributed by atoms with E-state index in [4.69, 9.17) is 5.11 Å². The molecule has 0 rings (SSSR count). The molecule has 0 heterocycles. The number of hydrogen-bond acceptors (Lipinski definition) is 5. The first kappa shape index (κ1) is 21.7. The summed E-state index contributed by atoms with van der Waals surface area (Å²) in [6, 6.07) is -1.29. The van der Waals surface area contributed by atoms with Crippen molar-refractivity contribution in [2.75, 3.05) is 0 Å². The molecule has 0 radical (unpaired) electrons. The van der Waals surface area contributed by atoms with Crippen LogP contribution in [0, 0.1) is 0 Å². The van der Waals surface area contributed by atoms with Gasteiger partial charge in [0, 0.05) is 5.97 Å². The molecule has 0 saturated carbocycles. The zero-order valence-electron chi connectivity index (χ0n) is 11.7. The fourth-order valence-corrected chi connectivity index (χ4v) is 1.44. The van der Waals surface area contributed by atoms with Crippen LogP contribution < -0.4 is 10.2 Å². The number of hydrogen-bond donors (Lipinski definition) is 1. The van der Waals surface area contributed by atoms with Gasteiger partial charge in [0.05, 0.1) is 0 Å². The second-order valence-corrected chi connectivity index (χ2v) is 4.10. The molecule has 20 heavy (non-hydrogen) atoms. The van der Waals surface area contributed by atoms with E-state index in [1.165, 1.54) is 0 Å². The summed E-state index contributed by atoms with van der Waals surface area (Å²) in [5.41, 5.74) is 0. The average Bonchev–Trinajstić information content (AvgIpc) is 2.33. The van der Waals surface area contributed by atoms with Crippen LogP contribution in [0.3, 0.4) is 0 Å². The molecule has 0 aliphatic heterocycles. The Hall–Kier alpha value is -0.590. The van der Waals surface area contributed by atoms with Crippen LogP contribution in [0.5, 0.6) is 0 Å². The first-order valence-electron chi connectivity index (χ1n) is 6.24. The van der Waals surface area contributed by atoms with Crippen LogP contribution in [-0.4, -0.2) is 66.7 Å². The van der Waals surface area contributed by atoms with Gasteiger partial charge in [0.2, 0.25) is 0 Å². The quantitative estimate of drug-likeness (QED) is 0.192. The van der Waals surface area contributed by atoms with E-state index in [0.717, 1.165) is 12.8 Å². The summed E-state index contributed by atoms with van der Waals surface area (Å²) in [6.07, 6.45) is 5.80. The van der Waals surface area contributed by atoms with Gasteiger partial charge in [-0.2, -0.15) is 0 Å². The Labute approximate surface area is 148 Å². The standard InChI is InChI=1S/C13H21NO5.Ca/c1-2-3-4-5-6-7-11(15)14-10(13(18)19)8-9-12(16)17;/h2-3,10H,4-9H2,1H3,(H,14,15)(H,16,17)(H,18,19);/q;+2/p-2/b3-2+;/t10-;/m0./s1. The van der Waals surface area contributed by atoms with Gasteiger partial charge in [-0.05, 0) is 51.3 Å². The molecule has 0 aromatic rings. The van der Waals surface area contributed by atoms with E-state index in [9.17, 15) is 19.8 Å².